The fourth-order valence-corrected chi connectivity index (χ4v) is 1.95. The van der Waals surface area contributed by atoms with Gasteiger partial charge in [0.05, 0.1) is 5.56 Å². The molecule has 0 aliphatic carbocycles. The standard InChI is InChI=1S/C16H11F4NO3/c1-8-6-10(3-5-12(8)17)21-14(22)9-2-4-13(18)11(7-9)16(19,20)15(23)24/h2-7H,1H3,(H,21,22)(H,23,24). The number of hydrogen-bond acceptors (Lipinski definition) is 2. The first-order valence-electron chi connectivity index (χ1n) is 6.61. The van der Waals surface area contributed by atoms with Gasteiger partial charge in [-0.15, -0.1) is 0 Å². The zero-order valence-electron chi connectivity index (χ0n) is 12.2. The third-order valence-corrected chi connectivity index (χ3v) is 3.25. The zero-order chi connectivity index (χ0) is 18.1. The molecule has 2 N–H and O–H groups in total. The van der Waals surface area contributed by atoms with Crippen molar-refractivity contribution in [2.24, 2.45) is 0 Å². The largest absolute Gasteiger partial charge is 0.477 e. The van der Waals surface area contributed by atoms with E-state index in [1.807, 2.05) is 0 Å². The first-order valence-corrected chi connectivity index (χ1v) is 6.61. The number of carboxylic acids is 1. The summed E-state index contributed by atoms with van der Waals surface area (Å²) in [5.41, 5.74) is -1.33. The third kappa shape index (κ3) is 3.37. The van der Waals surface area contributed by atoms with Gasteiger partial charge < -0.3 is 10.4 Å². The van der Waals surface area contributed by atoms with Crippen molar-refractivity contribution in [1.29, 1.82) is 0 Å². The highest BCUT2D eigenvalue weighted by molar-refractivity contribution is 6.04. The van der Waals surface area contributed by atoms with Gasteiger partial charge in [-0.1, -0.05) is 0 Å². The minimum atomic E-state index is -4.48. The molecule has 24 heavy (non-hydrogen) atoms. The molecule has 0 atom stereocenters. The normalized spacial score (nSPS) is 11.2. The molecule has 2 aromatic carbocycles. The van der Waals surface area contributed by atoms with Gasteiger partial charge in [-0.25, -0.2) is 13.6 Å². The molecule has 8 heteroatoms. The Hall–Kier alpha value is -2.90. The van der Waals surface area contributed by atoms with Crippen LogP contribution in [0.3, 0.4) is 0 Å². The molecule has 0 bridgehead atoms. The first kappa shape index (κ1) is 17.5. The number of hydrogen-bond donors (Lipinski definition) is 2. The number of aryl methyl sites for hydroxylation is 1. The van der Waals surface area contributed by atoms with Crippen LogP contribution < -0.4 is 5.32 Å². The van der Waals surface area contributed by atoms with Crippen LogP contribution in [0.5, 0.6) is 0 Å². The number of rotatable bonds is 4. The van der Waals surface area contributed by atoms with E-state index in [4.69, 9.17) is 5.11 Å². The number of carboxylic acid groups (broad SMARTS) is 1. The fourth-order valence-electron chi connectivity index (χ4n) is 1.95. The Balaban J connectivity index is 2.33. The van der Waals surface area contributed by atoms with Crippen molar-refractivity contribution >= 4 is 17.6 Å². The van der Waals surface area contributed by atoms with Gasteiger partial charge in [0.1, 0.15) is 11.6 Å². The number of nitrogens with one attached hydrogen (secondary N) is 1. The van der Waals surface area contributed by atoms with Crippen molar-refractivity contribution < 1.29 is 32.3 Å². The Bertz CT molecular complexity index is 821. The number of amides is 1. The quantitative estimate of drug-likeness (QED) is 0.834. The second kappa shape index (κ2) is 6.31. The van der Waals surface area contributed by atoms with Gasteiger partial charge in [0, 0.05) is 11.3 Å². The van der Waals surface area contributed by atoms with Crippen LogP contribution in [0.4, 0.5) is 23.2 Å². The Morgan fingerprint density at radius 3 is 2.25 bits per heavy atom. The molecule has 0 spiro atoms. The van der Waals surface area contributed by atoms with E-state index in [1.165, 1.54) is 19.1 Å². The van der Waals surface area contributed by atoms with Gasteiger partial charge in [0.2, 0.25) is 0 Å². The second-order valence-electron chi connectivity index (χ2n) is 4.99. The number of halogens is 4. The van der Waals surface area contributed by atoms with E-state index in [9.17, 15) is 27.2 Å². The summed E-state index contributed by atoms with van der Waals surface area (Å²) < 4.78 is 53.7. The van der Waals surface area contributed by atoms with E-state index >= 15 is 0 Å². The Morgan fingerprint density at radius 2 is 1.67 bits per heavy atom. The van der Waals surface area contributed by atoms with E-state index in [2.05, 4.69) is 5.32 Å². The SMILES string of the molecule is Cc1cc(NC(=O)c2ccc(F)c(C(F)(F)C(=O)O)c2)ccc1F. The maximum atomic E-state index is 13.5. The molecule has 4 nitrogen and oxygen atoms in total. The smallest absolute Gasteiger partial charge is 0.379 e. The highest BCUT2D eigenvalue weighted by Gasteiger charge is 2.43. The molecule has 0 aromatic heterocycles. The lowest BCUT2D eigenvalue weighted by molar-refractivity contribution is -0.166. The van der Waals surface area contributed by atoms with Crippen LogP contribution in [0.15, 0.2) is 36.4 Å². The molecule has 0 unspecified atom stereocenters. The number of anilines is 1. The predicted octanol–water partition coefficient (Wildman–Crippen LogP) is 3.70. The molecule has 2 rings (SSSR count). The van der Waals surface area contributed by atoms with Gasteiger partial charge in [0.15, 0.2) is 0 Å². The summed E-state index contributed by atoms with van der Waals surface area (Å²) in [6.45, 7) is 1.47. The average Bonchev–Trinajstić information content (AvgIpc) is 2.51. The van der Waals surface area contributed by atoms with Crippen LogP contribution in [0.25, 0.3) is 0 Å². The van der Waals surface area contributed by atoms with Crippen molar-refractivity contribution in [2.75, 3.05) is 5.32 Å². The Labute approximate surface area is 133 Å². The van der Waals surface area contributed by atoms with Crippen LogP contribution >= 0.6 is 0 Å². The van der Waals surface area contributed by atoms with E-state index in [0.29, 0.717) is 12.1 Å². The molecule has 0 heterocycles. The lowest BCUT2D eigenvalue weighted by atomic mass is 10.0. The van der Waals surface area contributed by atoms with E-state index < -0.39 is 35.0 Å². The number of carbonyl (C=O) groups is 2. The summed E-state index contributed by atoms with van der Waals surface area (Å²) in [7, 11) is 0. The van der Waals surface area contributed by atoms with E-state index in [0.717, 1.165) is 12.1 Å². The molecule has 0 aliphatic rings. The summed E-state index contributed by atoms with van der Waals surface area (Å²) in [5.74, 6) is -9.82. The van der Waals surface area contributed by atoms with Crippen LogP contribution in [0.1, 0.15) is 21.5 Å². The van der Waals surface area contributed by atoms with Crippen molar-refractivity contribution in [2.45, 2.75) is 12.8 Å². The molecule has 0 saturated carbocycles. The average molecular weight is 341 g/mol. The minimum absolute atomic E-state index is 0.203. The number of carbonyl (C=O) groups excluding carboxylic acids is 1. The van der Waals surface area contributed by atoms with Gasteiger partial charge in [-0.3, -0.25) is 4.79 Å². The molecule has 1 amide bonds. The summed E-state index contributed by atoms with van der Waals surface area (Å²) >= 11 is 0. The van der Waals surface area contributed by atoms with Gasteiger partial charge in [0.25, 0.3) is 5.91 Å². The predicted molar refractivity (Wildman–Crippen MR) is 77.0 cm³/mol. The fraction of sp³-hybridized carbons (Fsp3) is 0.125. The molecule has 0 radical (unpaired) electrons. The molecule has 126 valence electrons. The van der Waals surface area contributed by atoms with Crippen LogP contribution in [0, 0.1) is 18.6 Å². The molecular formula is C16H11F4NO3. The van der Waals surface area contributed by atoms with Crippen LogP contribution in [-0.2, 0) is 10.7 Å². The van der Waals surface area contributed by atoms with Crippen molar-refractivity contribution in [3.8, 4) is 0 Å². The molecule has 0 aliphatic heterocycles. The highest BCUT2D eigenvalue weighted by Crippen LogP contribution is 2.31. The summed E-state index contributed by atoms with van der Waals surface area (Å²) in [6.07, 6.45) is 0. The van der Waals surface area contributed by atoms with Crippen molar-refractivity contribution in [3.63, 3.8) is 0 Å². The van der Waals surface area contributed by atoms with Gasteiger partial charge in [-0.05, 0) is 48.9 Å². The van der Waals surface area contributed by atoms with Crippen molar-refractivity contribution in [1.82, 2.24) is 0 Å². The Kier molecular flexibility index (Phi) is 4.59. The highest BCUT2D eigenvalue weighted by atomic mass is 19.3. The van der Waals surface area contributed by atoms with Crippen molar-refractivity contribution in [3.05, 3.63) is 64.7 Å². The topological polar surface area (TPSA) is 66.4 Å². The minimum Gasteiger partial charge on any atom is -0.477 e. The van der Waals surface area contributed by atoms with Gasteiger partial charge in [-0.2, -0.15) is 8.78 Å². The first-order chi connectivity index (χ1) is 11.1. The van der Waals surface area contributed by atoms with Gasteiger partial charge >= 0.3 is 11.9 Å². The second-order valence-corrected chi connectivity index (χ2v) is 4.99. The summed E-state index contributed by atoms with van der Waals surface area (Å²) in [5, 5.41) is 10.8. The molecular weight excluding hydrogens is 330 g/mol. The lowest BCUT2D eigenvalue weighted by Crippen LogP contribution is -2.27. The maximum Gasteiger partial charge on any atom is 0.379 e. The third-order valence-electron chi connectivity index (χ3n) is 3.25. The van der Waals surface area contributed by atoms with Crippen LogP contribution in [0.2, 0.25) is 0 Å². The Morgan fingerprint density at radius 1 is 1.04 bits per heavy atom. The summed E-state index contributed by atoms with van der Waals surface area (Å²) in [6, 6.07) is 5.67. The molecule has 2 aromatic rings. The maximum absolute atomic E-state index is 13.5. The van der Waals surface area contributed by atoms with E-state index in [-0.39, 0.29) is 16.8 Å². The zero-order valence-corrected chi connectivity index (χ0v) is 12.2. The van der Waals surface area contributed by atoms with E-state index in [1.54, 1.807) is 0 Å². The van der Waals surface area contributed by atoms with Crippen LogP contribution in [-0.4, -0.2) is 17.0 Å². The number of benzene rings is 2. The summed E-state index contributed by atoms with van der Waals surface area (Å²) in [4.78, 5) is 22.6. The molecule has 0 saturated heterocycles. The number of aliphatic carboxylic acids is 1. The monoisotopic (exact) mass is 341 g/mol. The lowest BCUT2D eigenvalue weighted by Gasteiger charge is -2.14. The number of alkyl halides is 2. The molecule has 0 fully saturated rings.